The van der Waals surface area contributed by atoms with Crippen molar-refractivity contribution < 1.29 is 28.2 Å². The van der Waals surface area contributed by atoms with Gasteiger partial charge in [0.1, 0.15) is 5.82 Å². The fourth-order valence-corrected chi connectivity index (χ4v) is 3.62. The van der Waals surface area contributed by atoms with E-state index in [1.165, 1.54) is 12.1 Å². The van der Waals surface area contributed by atoms with E-state index in [4.69, 9.17) is 14.2 Å². The minimum atomic E-state index is -0.653. The van der Waals surface area contributed by atoms with Crippen LogP contribution in [-0.4, -0.2) is 30.3 Å². The molecule has 0 aliphatic carbocycles. The highest BCUT2D eigenvalue weighted by atomic mass is 19.1. The topological polar surface area (TPSA) is 86.8 Å². The number of benzene rings is 3. The van der Waals surface area contributed by atoms with Gasteiger partial charge in [0.2, 0.25) is 6.79 Å². The average molecular weight is 458 g/mol. The molecular formula is C26H19FN2O5. The van der Waals surface area contributed by atoms with Gasteiger partial charge >= 0.3 is 5.97 Å². The lowest BCUT2D eigenvalue weighted by atomic mass is 10.0. The molecule has 1 aromatic heterocycles. The van der Waals surface area contributed by atoms with Crippen LogP contribution in [0.5, 0.6) is 11.5 Å². The molecule has 0 fully saturated rings. The van der Waals surface area contributed by atoms with Crippen LogP contribution in [0.15, 0.2) is 72.8 Å². The number of para-hydroxylation sites is 1. The van der Waals surface area contributed by atoms with Crippen LogP contribution in [-0.2, 0) is 16.1 Å². The highest BCUT2D eigenvalue weighted by Crippen LogP contribution is 2.32. The van der Waals surface area contributed by atoms with E-state index in [2.05, 4.69) is 10.3 Å². The number of amides is 1. The first kappa shape index (κ1) is 21.4. The Balaban J connectivity index is 1.28. The van der Waals surface area contributed by atoms with Gasteiger partial charge in [0.15, 0.2) is 18.1 Å². The zero-order valence-electron chi connectivity index (χ0n) is 17.9. The van der Waals surface area contributed by atoms with Crippen molar-refractivity contribution in [2.24, 2.45) is 0 Å². The van der Waals surface area contributed by atoms with Gasteiger partial charge in [-0.1, -0.05) is 24.3 Å². The Morgan fingerprint density at radius 1 is 0.971 bits per heavy atom. The Kier molecular flexibility index (Phi) is 5.78. The molecule has 7 nitrogen and oxygen atoms in total. The summed E-state index contributed by atoms with van der Waals surface area (Å²) in [6.45, 7) is -0.0144. The van der Waals surface area contributed by atoms with Crippen LogP contribution in [0.2, 0.25) is 0 Å². The number of rotatable bonds is 6. The Morgan fingerprint density at radius 2 is 1.76 bits per heavy atom. The number of ether oxygens (including phenoxy) is 3. The van der Waals surface area contributed by atoms with Gasteiger partial charge < -0.3 is 19.5 Å². The molecule has 0 bridgehead atoms. The maximum absolute atomic E-state index is 13.3. The molecular weight excluding hydrogens is 439 g/mol. The smallest absolute Gasteiger partial charge is 0.339 e. The number of pyridine rings is 1. The van der Waals surface area contributed by atoms with Gasteiger partial charge in [-0.2, -0.15) is 0 Å². The molecule has 2 heterocycles. The summed E-state index contributed by atoms with van der Waals surface area (Å²) in [4.78, 5) is 29.7. The predicted molar refractivity (Wildman–Crippen MR) is 122 cm³/mol. The van der Waals surface area contributed by atoms with Gasteiger partial charge in [-0.3, -0.25) is 4.79 Å². The van der Waals surface area contributed by atoms with Crippen LogP contribution in [0.4, 0.5) is 4.39 Å². The van der Waals surface area contributed by atoms with E-state index in [1.807, 2.05) is 12.1 Å². The van der Waals surface area contributed by atoms with Gasteiger partial charge in [0, 0.05) is 17.5 Å². The number of hydrogen-bond donors (Lipinski definition) is 1. The molecule has 1 amide bonds. The maximum atomic E-state index is 13.3. The predicted octanol–water partition coefficient (Wildman–Crippen LogP) is 4.24. The molecule has 1 aliphatic rings. The van der Waals surface area contributed by atoms with Crippen LogP contribution >= 0.6 is 0 Å². The Labute approximate surface area is 194 Å². The standard InChI is InChI=1S/C26H19FN2O5/c27-18-8-6-17(7-9-18)22-12-20(19-3-1-2-4-21(19)29-22)26(31)32-14-25(30)28-13-16-5-10-23-24(11-16)34-15-33-23/h1-12H,13-15H2,(H,28,30). The summed E-state index contributed by atoms with van der Waals surface area (Å²) in [7, 11) is 0. The van der Waals surface area contributed by atoms with Crippen LogP contribution in [0, 0.1) is 5.82 Å². The van der Waals surface area contributed by atoms with Gasteiger partial charge in [0.05, 0.1) is 16.8 Å². The monoisotopic (exact) mass is 458 g/mol. The normalized spacial score (nSPS) is 11.9. The van der Waals surface area contributed by atoms with Crippen molar-refractivity contribution in [1.29, 1.82) is 0 Å². The molecule has 8 heteroatoms. The summed E-state index contributed by atoms with van der Waals surface area (Å²) in [5, 5.41) is 3.31. The molecule has 1 aliphatic heterocycles. The van der Waals surface area contributed by atoms with Crippen molar-refractivity contribution >= 4 is 22.8 Å². The first-order valence-electron chi connectivity index (χ1n) is 10.5. The molecule has 0 spiro atoms. The quantitative estimate of drug-likeness (QED) is 0.435. The molecule has 34 heavy (non-hydrogen) atoms. The number of carbonyl (C=O) groups excluding carboxylic acids is 2. The van der Waals surface area contributed by atoms with Crippen molar-refractivity contribution in [3.63, 3.8) is 0 Å². The Morgan fingerprint density at radius 3 is 2.62 bits per heavy atom. The molecule has 0 atom stereocenters. The van der Waals surface area contributed by atoms with Crippen LogP contribution in [0.3, 0.4) is 0 Å². The number of aromatic nitrogens is 1. The van der Waals surface area contributed by atoms with E-state index >= 15 is 0 Å². The van der Waals surface area contributed by atoms with Crippen molar-refractivity contribution in [1.82, 2.24) is 10.3 Å². The fraction of sp³-hybridized carbons (Fsp3) is 0.115. The minimum Gasteiger partial charge on any atom is -0.454 e. The Bertz CT molecular complexity index is 1390. The Hall–Kier alpha value is -4.46. The first-order valence-corrected chi connectivity index (χ1v) is 10.5. The van der Waals surface area contributed by atoms with E-state index in [-0.39, 0.29) is 24.7 Å². The zero-order chi connectivity index (χ0) is 23.5. The second kappa shape index (κ2) is 9.19. The number of hydrogen-bond acceptors (Lipinski definition) is 6. The lowest BCUT2D eigenvalue weighted by molar-refractivity contribution is -0.124. The van der Waals surface area contributed by atoms with Gasteiger partial charge in [0.25, 0.3) is 5.91 Å². The number of nitrogens with zero attached hydrogens (tertiary/aromatic N) is 1. The van der Waals surface area contributed by atoms with Crippen LogP contribution < -0.4 is 14.8 Å². The van der Waals surface area contributed by atoms with Gasteiger partial charge in [-0.25, -0.2) is 14.2 Å². The number of nitrogens with one attached hydrogen (secondary N) is 1. The molecule has 3 aromatic carbocycles. The number of fused-ring (bicyclic) bond motifs is 2. The highest BCUT2D eigenvalue weighted by Gasteiger charge is 2.17. The fourth-order valence-electron chi connectivity index (χ4n) is 3.62. The molecule has 0 radical (unpaired) electrons. The number of esters is 1. The van der Waals surface area contributed by atoms with Gasteiger partial charge in [-0.05, 0) is 54.1 Å². The third kappa shape index (κ3) is 4.52. The lowest BCUT2D eigenvalue weighted by Gasteiger charge is -2.11. The van der Waals surface area contributed by atoms with Crippen LogP contribution in [0.25, 0.3) is 22.2 Å². The highest BCUT2D eigenvalue weighted by molar-refractivity contribution is 6.05. The van der Waals surface area contributed by atoms with Gasteiger partial charge in [-0.15, -0.1) is 0 Å². The molecule has 170 valence electrons. The van der Waals surface area contributed by atoms with Crippen molar-refractivity contribution in [2.45, 2.75) is 6.54 Å². The molecule has 5 rings (SSSR count). The van der Waals surface area contributed by atoms with Crippen molar-refractivity contribution in [3.05, 3.63) is 89.7 Å². The molecule has 1 N–H and O–H groups in total. The third-order valence-corrected chi connectivity index (χ3v) is 5.34. The second-order valence-corrected chi connectivity index (χ2v) is 7.62. The molecule has 0 saturated heterocycles. The lowest BCUT2D eigenvalue weighted by Crippen LogP contribution is -2.28. The summed E-state index contributed by atoms with van der Waals surface area (Å²) in [5.74, 6) is -0.174. The van der Waals surface area contributed by atoms with E-state index in [9.17, 15) is 14.0 Å². The second-order valence-electron chi connectivity index (χ2n) is 7.62. The van der Waals surface area contributed by atoms with Crippen LogP contribution in [0.1, 0.15) is 15.9 Å². The van der Waals surface area contributed by atoms with E-state index in [1.54, 1.807) is 48.5 Å². The molecule has 4 aromatic rings. The summed E-state index contributed by atoms with van der Waals surface area (Å²) in [5.41, 5.74) is 2.84. The third-order valence-electron chi connectivity index (χ3n) is 5.34. The molecule has 0 unspecified atom stereocenters. The summed E-state index contributed by atoms with van der Waals surface area (Å²) in [6.07, 6.45) is 0. The summed E-state index contributed by atoms with van der Waals surface area (Å²) < 4.78 is 29.2. The van der Waals surface area contributed by atoms with E-state index in [0.29, 0.717) is 33.7 Å². The SMILES string of the molecule is O=C(COC(=O)c1cc(-c2ccc(F)cc2)nc2ccccc12)NCc1ccc2c(c1)OCO2. The zero-order valence-corrected chi connectivity index (χ0v) is 17.9. The summed E-state index contributed by atoms with van der Waals surface area (Å²) >= 11 is 0. The molecule has 0 saturated carbocycles. The van der Waals surface area contributed by atoms with Crippen molar-refractivity contribution in [3.8, 4) is 22.8 Å². The summed E-state index contributed by atoms with van der Waals surface area (Å²) in [6, 6.07) is 19.9. The average Bonchev–Trinajstić information content (AvgIpc) is 3.34. The largest absolute Gasteiger partial charge is 0.454 e. The van der Waals surface area contributed by atoms with Crippen molar-refractivity contribution in [2.75, 3.05) is 13.4 Å². The number of carbonyl (C=O) groups is 2. The number of halogens is 1. The first-order chi connectivity index (χ1) is 16.6. The minimum absolute atomic E-state index is 0.174. The van der Waals surface area contributed by atoms with E-state index < -0.39 is 18.5 Å². The van der Waals surface area contributed by atoms with E-state index in [0.717, 1.165) is 5.56 Å². The maximum Gasteiger partial charge on any atom is 0.339 e.